The third-order valence-corrected chi connectivity index (χ3v) is 3.98. The molecule has 0 atom stereocenters. The summed E-state index contributed by atoms with van der Waals surface area (Å²) in [6.45, 7) is 3.56. The molecular weight excluding hydrogens is 306 g/mol. The van der Waals surface area contributed by atoms with Crippen molar-refractivity contribution in [2.24, 2.45) is 0 Å². The van der Waals surface area contributed by atoms with Gasteiger partial charge >= 0.3 is 0 Å². The maximum absolute atomic E-state index is 12.2. The number of benzene rings is 1. The maximum atomic E-state index is 12.2. The Bertz CT molecular complexity index is 715. The smallest absolute Gasteiger partial charge is 0.291 e. The lowest BCUT2D eigenvalue weighted by Gasteiger charge is -2.28. The van der Waals surface area contributed by atoms with E-state index in [0.29, 0.717) is 5.69 Å². The first kappa shape index (κ1) is 16.1. The Balaban J connectivity index is 1.61. The summed E-state index contributed by atoms with van der Waals surface area (Å²) in [5.41, 5.74) is 1.89. The molecule has 0 radical (unpaired) electrons. The minimum atomic E-state index is -0.350. The summed E-state index contributed by atoms with van der Waals surface area (Å²) < 4.78 is 5.30. The van der Waals surface area contributed by atoms with E-state index in [0.717, 1.165) is 13.1 Å². The zero-order valence-electron chi connectivity index (χ0n) is 13.7. The maximum Gasteiger partial charge on any atom is 0.291 e. The van der Waals surface area contributed by atoms with E-state index in [1.165, 1.54) is 37.9 Å². The van der Waals surface area contributed by atoms with Crippen molar-refractivity contribution in [1.82, 2.24) is 0 Å². The Morgan fingerprint density at radius 1 is 0.958 bits per heavy atom. The first-order valence-corrected chi connectivity index (χ1v) is 8.15. The van der Waals surface area contributed by atoms with Crippen LogP contribution in [-0.4, -0.2) is 24.9 Å². The largest absolute Gasteiger partial charge is 0.435 e. The molecule has 2 aromatic rings. The van der Waals surface area contributed by atoms with E-state index >= 15 is 0 Å². The predicted molar refractivity (Wildman–Crippen MR) is 93.5 cm³/mol. The van der Waals surface area contributed by atoms with Gasteiger partial charge in [-0.1, -0.05) is 0 Å². The monoisotopic (exact) mass is 327 g/mol. The van der Waals surface area contributed by atoms with Gasteiger partial charge in [0.1, 0.15) is 0 Å². The van der Waals surface area contributed by atoms with Gasteiger partial charge in [0.2, 0.25) is 5.91 Å². The Morgan fingerprint density at radius 2 is 1.67 bits per heavy atom. The van der Waals surface area contributed by atoms with Gasteiger partial charge in [0.15, 0.2) is 11.6 Å². The van der Waals surface area contributed by atoms with Crippen molar-refractivity contribution in [1.29, 1.82) is 0 Å². The van der Waals surface area contributed by atoms with E-state index in [2.05, 4.69) is 15.5 Å². The topological polar surface area (TPSA) is 74.6 Å². The molecular formula is C18H21N3O3. The molecule has 2 amide bonds. The standard InChI is InChI=1S/C18H21N3O3/c1-13(22)19-17-10-9-16(24-17)18(23)20-14-5-7-15(8-6-14)21-11-3-2-4-12-21/h5-10H,2-4,11-12H2,1H3,(H,19,22)(H,20,23). The van der Waals surface area contributed by atoms with Gasteiger partial charge < -0.3 is 14.6 Å². The van der Waals surface area contributed by atoms with Crippen LogP contribution in [0.25, 0.3) is 0 Å². The van der Waals surface area contributed by atoms with Crippen LogP contribution < -0.4 is 15.5 Å². The number of anilines is 3. The normalized spacial score (nSPS) is 14.3. The van der Waals surface area contributed by atoms with Crippen LogP contribution in [0.5, 0.6) is 0 Å². The molecule has 126 valence electrons. The van der Waals surface area contributed by atoms with Crippen molar-refractivity contribution in [3.8, 4) is 0 Å². The van der Waals surface area contributed by atoms with Crippen molar-refractivity contribution < 1.29 is 14.0 Å². The van der Waals surface area contributed by atoms with E-state index < -0.39 is 0 Å². The third kappa shape index (κ3) is 3.95. The van der Waals surface area contributed by atoms with E-state index in [4.69, 9.17) is 4.42 Å². The Labute approximate surface area is 140 Å². The van der Waals surface area contributed by atoms with E-state index in [-0.39, 0.29) is 23.5 Å². The van der Waals surface area contributed by atoms with Gasteiger partial charge in [-0.15, -0.1) is 0 Å². The van der Waals surface area contributed by atoms with Crippen LogP contribution in [-0.2, 0) is 4.79 Å². The van der Waals surface area contributed by atoms with Crippen LogP contribution in [0.1, 0.15) is 36.7 Å². The molecule has 0 bridgehead atoms. The number of carbonyl (C=O) groups is 2. The number of amides is 2. The second kappa shape index (κ2) is 7.21. The zero-order chi connectivity index (χ0) is 16.9. The van der Waals surface area contributed by atoms with E-state index in [9.17, 15) is 9.59 Å². The average Bonchev–Trinajstić information content (AvgIpc) is 3.04. The Hall–Kier alpha value is -2.76. The molecule has 6 nitrogen and oxygen atoms in total. The lowest BCUT2D eigenvalue weighted by Crippen LogP contribution is -2.29. The number of furan rings is 1. The quantitative estimate of drug-likeness (QED) is 0.901. The zero-order valence-corrected chi connectivity index (χ0v) is 13.7. The molecule has 1 fully saturated rings. The highest BCUT2D eigenvalue weighted by Gasteiger charge is 2.13. The summed E-state index contributed by atoms with van der Waals surface area (Å²) in [6.07, 6.45) is 3.76. The first-order chi connectivity index (χ1) is 11.6. The molecule has 3 rings (SSSR count). The lowest BCUT2D eigenvalue weighted by molar-refractivity contribution is -0.114. The summed E-state index contributed by atoms with van der Waals surface area (Å²) in [7, 11) is 0. The van der Waals surface area contributed by atoms with Gasteiger partial charge in [0.25, 0.3) is 5.91 Å². The van der Waals surface area contributed by atoms with Gasteiger partial charge in [0, 0.05) is 37.5 Å². The number of hydrogen-bond acceptors (Lipinski definition) is 4. The van der Waals surface area contributed by atoms with Crippen LogP contribution in [0.15, 0.2) is 40.8 Å². The summed E-state index contributed by atoms with van der Waals surface area (Å²) in [6, 6.07) is 10.9. The molecule has 0 aliphatic carbocycles. The fraction of sp³-hybridized carbons (Fsp3) is 0.333. The molecule has 1 aromatic carbocycles. The number of rotatable bonds is 4. The second-order valence-corrected chi connectivity index (χ2v) is 5.89. The summed E-state index contributed by atoms with van der Waals surface area (Å²) in [5, 5.41) is 5.29. The molecule has 0 unspecified atom stereocenters. The van der Waals surface area contributed by atoms with Gasteiger partial charge in [-0.3, -0.25) is 14.9 Å². The molecule has 0 saturated carbocycles. The molecule has 2 N–H and O–H groups in total. The summed E-state index contributed by atoms with van der Waals surface area (Å²) in [4.78, 5) is 25.5. The molecule has 2 heterocycles. The van der Waals surface area contributed by atoms with Crippen LogP contribution in [0.2, 0.25) is 0 Å². The molecule has 1 saturated heterocycles. The van der Waals surface area contributed by atoms with Crippen molar-refractivity contribution in [2.45, 2.75) is 26.2 Å². The molecule has 0 spiro atoms. The van der Waals surface area contributed by atoms with Gasteiger partial charge in [-0.25, -0.2) is 0 Å². The molecule has 1 aliphatic heterocycles. The van der Waals surface area contributed by atoms with Crippen molar-refractivity contribution in [3.63, 3.8) is 0 Å². The van der Waals surface area contributed by atoms with Gasteiger partial charge in [0.05, 0.1) is 0 Å². The fourth-order valence-electron chi connectivity index (χ4n) is 2.80. The number of hydrogen-bond donors (Lipinski definition) is 2. The number of nitrogens with zero attached hydrogens (tertiary/aromatic N) is 1. The van der Waals surface area contributed by atoms with Crippen LogP contribution in [0.3, 0.4) is 0 Å². The van der Waals surface area contributed by atoms with E-state index in [1.807, 2.05) is 24.3 Å². The Kier molecular flexibility index (Phi) is 4.84. The molecule has 24 heavy (non-hydrogen) atoms. The minimum absolute atomic E-state index is 0.152. The van der Waals surface area contributed by atoms with Crippen molar-refractivity contribution in [3.05, 3.63) is 42.2 Å². The summed E-state index contributed by atoms with van der Waals surface area (Å²) >= 11 is 0. The minimum Gasteiger partial charge on any atom is -0.435 e. The predicted octanol–water partition coefficient (Wildman–Crippen LogP) is 3.48. The molecule has 1 aliphatic rings. The Morgan fingerprint density at radius 3 is 2.33 bits per heavy atom. The van der Waals surface area contributed by atoms with Crippen LogP contribution in [0.4, 0.5) is 17.3 Å². The SMILES string of the molecule is CC(=O)Nc1ccc(C(=O)Nc2ccc(N3CCCCC3)cc2)o1. The number of carbonyl (C=O) groups excluding carboxylic acids is 2. The van der Waals surface area contributed by atoms with Gasteiger partial charge in [-0.2, -0.15) is 0 Å². The lowest BCUT2D eigenvalue weighted by atomic mass is 10.1. The third-order valence-electron chi connectivity index (χ3n) is 3.98. The molecule has 1 aromatic heterocycles. The fourth-order valence-corrected chi connectivity index (χ4v) is 2.80. The highest BCUT2D eigenvalue weighted by atomic mass is 16.4. The molecule has 6 heteroatoms. The first-order valence-electron chi connectivity index (χ1n) is 8.15. The van der Waals surface area contributed by atoms with Crippen molar-refractivity contribution in [2.75, 3.05) is 28.6 Å². The van der Waals surface area contributed by atoms with Gasteiger partial charge in [-0.05, 0) is 49.6 Å². The second-order valence-electron chi connectivity index (χ2n) is 5.89. The van der Waals surface area contributed by atoms with Crippen LogP contribution >= 0.6 is 0 Å². The highest BCUT2D eigenvalue weighted by molar-refractivity contribution is 6.02. The average molecular weight is 327 g/mol. The van der Waals surface area contributed by atoms with E-state index in [1.54, 1.807) is 6.07 Å². The number of nitrogens with one attached hydrogen (secondary N) is 2. The van der Waals surface area contributed by atoms with Crippen LogP contribution in [0, 0.1) is 0 Å². The van der Waals surface area contributed by atoms with Crippen molar-refractivity contribution >= 4 is 29.1 Å². The number of piperidine rings is 1. The highest BCUT2D eigenvalue weighted by Crippen LogP contribution is 2.22. The summed E-state index contributed by atoms with van der Waals surface area (Å²) in [5.74, 6) is -0.186.